The van der Waals surface area contributed by atoms with Gasteiger partial charge in [0.05, 0.1) is 30.6 Å². The number of amides is 2. The number of carbonyl (C=O) groups is 3. The average Bonchev–Trinajstić information content (AvgIpc) is 3.38. The molecule has 12 nitrogen and oxygen atoms in total. The molecular weight excluding hydrogens is 586 g/mol. The summed E-state index contributed by atoms with van der Waals surface area (Å²) in [6.07, 6.45) is 3.22. The first kappa shape index (κ1) is 33.6. The molecule has 2 heterocycles. The van der Waals surface area contributed by atoms with E-state index in [1.54, 1.807) is 55.6 Å². The predicted octanol–water partition coefficient (Wildman–Crippen LogP) is 5.60. The molecular formula is C34H41N7O5. The molecule has 1 unspecified atom stereocenters. The van der Waals surface area contributed by atoms with Crippen molar-refractivity contribution >= 4 is 46.3 Å². The van der Waals surface area contributed by atoms with Crippen molar-refractivity contribution in [3.8, 4) is 0 Å². The van der Waals surface area contributed by atoms with Crippen molar-refractivity contribution in [3.63, 3.8) is 0 Å². The molecule has 0 aliphatic heterocycles. The van der Waals surface area contributed by atoms with Gasteiger partial charge in [-0.1, -0.05) is 26.3 Å². The van der Waals surface area contributed by atoms with Gasteiger partial charge in [-0.25, -0.2) is 14.8 Å². The van der Waals surface area contributed by atoms with E-state index in [4.69, 9.17) is 20.2 Å². The van der Waals surface area contributed by atoms with E-state index in [1.807, 2.05) is 43.7 Å². The first-order chi connectivity index (χ1) is 22.2. The van der Waals surface area contributed by atoms with Crippen molar-refractivity contribution in [1.82, 2.24) is 14.5 Å². The van der Waals surface area contributed by atoms with Crippen LogP contribution in [0.4, 0.5) is 16.3 Å². The summed E-state index contributed by atoms with van der Waals surface area (Å²) in [5.41, 5.74) is 9.43. The zero-order chi connectivity index (χ0) is 33.1. The number of benzene rings is 2. The van der Waals surface area contributed by atoms with Gasteiger partial charge in [-0.3, -0.25) is 14.5 Å². The van der Waals surface area contributed by atoms with Gasteiger partial charge in [0.15, 0.2) is 0 Å². The zero-order valence-electron chi connectivity index (χ0n) is 26.7. The minimum Gasteiger partial charge on any atom is -0.466 e. The Bertz CT molecular complexity index is 1670. The highest BCUT2D eigenvalue weighted by molar-refractivity contribution is 6.07. The van der Waals surface area contributed by atoms with Crippen LogP contribution in [0, 0.1) is 0 Å². The zero-order valence-corrected chi connectivity index (χ0v) is 26.7. The van der Waals surface area contributed by atoms with E-state index in [0.29, 0.717) is 29.0 Å². The maximum Gasteiger partial charge on any atom is 0.435 e. The van der Waals surface area contributed by atoms with Crippen molar-refractivity contribution in [2.75, 3.05) is 23.4 Å². The molecule has 2 aromatic carbocycles. The Hall–Kier alpha value is -5.26. The fraction of sp³-hybridized carbons (Fsp3) is 0.353. The molecule has 242 valence electrons. The molecule has 4 rings (SSSR count). The molecule has 3 N–H and O–H groups in total. The lowest BCUT2D eigenvalue weighted by molar-refractivity contribution is -0.142. The molecule has 2 aromatic heterocycles. The van der Waals surface area contributed by atoms with Gasteiger partial charge in [0.1, 0.15) is 23.6 Å². The van der Waals surface area contributed by atoms with Gasteiger partial charge in [-0.2, -0.15) is 4.99 Å². The fourth-order valence-electron chi connectivity index (χ4n) is 4.91. The van der Waals surface area contributed by atoms with Gasteiger partial charge in [0.25, 0.3) is 5.91 Å². The molecule has 0 spiro atoms. The van der Waals surface area contributed by atoms with E-state index in [0.717, 1.165) is 36.3 Å². The maximum atomic E-state index is 13.6. The van der Waals surface area contributed by atoms with Gasteiger partial charge in [0, 0.05) is 36.6 Å². The molecule has 2 amide bonds. The number of hydrogen-bond acceptors (Lipinski definition) is 8. The number of rotatable bonds is 14. The number of nitrogens with two attached hydrogens (primary N) is 1. The summed E-state index contributed by atoms with van der Waals surface area (Å²) in [5, 5.41) is 3.35. The summed E-state index contributed by atoms with van der Waals surface area (Å²) in [6, 6.07) is 17.9. The molecule has 0 aliphatic carbocycles. The Morgan fingerprint density at radius 3 is 2.48 bits per heavy atom. The summed E-state index contributed by atoms with van der Waals surface area (Å²) in [7, 11) is 1.91. The average molecular weight is 628 g/mol. The number of aryl methyl sites for hydroxylation is 1. The molecule has 0 aliphatic rings. The largest absolute Gasteiger partial charge is 0.466 e. The standard InChI is InChI=1S/C34H41N7O5/c1-5-10-26(6-2)46-34(44)39-32(35)23-12-15-25(16-13-23)37-22-30-38-27-21-24(14-17-28(27)40(30)4)33(43)41(20-18-31(42)45-7-3)29-11-8-9-19-36-29/h8-9,11-17,19,21,26,37H,5-7,10,18,20,22H2,1-4H3,(H2,35,39,44). The Labute approximate surface area is 268 Å². The Morgan fingerprint density at radius 2 is 1.80 bits per heavy atom. The number of nitrogens with one attached hydrogen (secondary N) is 1. The second kappa shape index (κ2) is 16.2. The van der Waals surface area contributed by atoms with E-state index >= 15 is 0 Å². The van der Waals surface area contributed by atoms with E-state index < -0.39 is 6.09 Å². The maximum absolute atomic E-state index is 13.6. The molecule has 0 saturated carbocycles. The number of imidazole rings is 1. The topological polar surface area (TPSA) is 154 Å². The molecule has 12 heteroatoms. The van der Waals surface area contributed by atoms with Crippen LogP contribution in [0.15, 0.2) is 71.9 Å². The number of ether oxygens (including phenoxy) is 2. The normalized spacial score (nSPS) is 12.0. The van der Waals surface area contributed by atoms with E-state index in [1.165, 1.54) is 4.90 Å². The van der Waals surface area contributed by atoms with E-state index in [9.17, 15) is 14.4 Å². The Morgan fingerprint density at radius 1 is 1.04 bits per heavy atom. The van der Waals surface area contributed by atoms with Crippen LogP contribution in [0.5, 0.6) is 0 Å². The number of hydrogen-bond donors (Lipinski definition) is 2. The van der Waals surface area contributed by atoms with Crippen LogP contribution in [0.2, 0.25) is 0 Å². The fourth-order valence-corrected chi connectivity index (χ4v) is 4.91. The van der Waals surface area contributed by atoms with Gasteiger partial charge in [-0.15, -0.1) is 0 Å². The van der Waals surface area contributed by atoms with Crippen molar-refractivity contribution in [2.24, 2.45) is 17.8 Å². The Balaban J connectivity index is 1.44. The Kier molecular flexibility index (Phi) is 11.8. The second-order valence-electron chi connectivity index (χ2n) is 10.6. The van der Waals surface area contributed by atoms with Crippen LogP contribution in [0.1, 0.15) is 68.2 Å². The molecule has 0 fully saturated rings. The van der Waals surface area contributed by atoms with Crippen LogP contribution >= 0.6 is 0 Å². The van der Waals surface area contributed by atoms with Crippen molar-refractivity contribution in [2.45, 2.75) is 59.1 Å². The molecule has 0 saturated heterocycles. The highest BCUT2D eigenvalue weighted by Crippen LogP contribution is 2.21. The van der Waals surface area contributed by atoms with Gasteiger partial charge >= 0.3 is 12.1 Å². The number of esters is 1. The van der Waals surface area contributed by atoms with Gasteiger partial charge in [-0.05, 0) is 74.4 Å². The lowest BCUT2D eigenvalue weighted by Crippen LogP contribution is -2.34. The monoisotopic (exact) mass is 627 g/mol. The summed E-state index contributed by atoms with van der Waals surface area (Å²) in [4.78, 5) is 52.3. The second-order valence-corrected chi connectivity index (χ2v) is 10.6. The van der Waals surface area contributed by atoms with E-state index in [-0.39, 0.29) is 43.4 Å². The number of carbonyl (C=O) groups excluding carboxylic acids is 3. The molecule has 0 bridgehead atoms. The van der Waals surface area contributed by atoms with E-state index in [2.05, 4.69) is 15.3 Å². The van der Waals surface area contributed by atoms with Gasteiger partial charge in [0.2, 0.25) is 0 Å². The lowest BCUT2D eigenvalue weighted by Gasteiger charge is -2.21. The van der Waals surface area contributed by atoms with Gasteiger partial charge < -0.3 is 25.1 Å². The highest BCUT2D eigenvalue weighted by Gasteiger charge is 2.21. The van der Waals surface area contributed by atoms with Crippen molar-refractivity contribution in [1.29, 1.82) is 0 Å². The number of pyridine rings is 1. The molecule has 0 radical (unpaired) electrons. The first-order valence-corrected chi connectivity index (χ1v) is 15.5. The van der Waals surface area contributed by atoms with Crippen LogP contribution < -0.4 is 16.0 Å². The highest BCUT2D eigenvalue weighted by atomic mass is 16.6. The van der Waals surface area contributed by atoms with Crippen molar-refractivity contribution in [3.05, 3.63) is 83.8 Å². The summed E-state index contributed by atoms with van der Waals surface area (Å²) in [6.45, 7) is 6.56. The summed E-state index contributed by atoms with van der Waals surface area (Å²) >= 11 is 0. The smallest absolute Gasteiger partial charge is 0.435 e. The molecule has 1 atom stereocenters. The SMILES string of the molecule is CCCC(CC)OC(=O)N=C(N)c1ccc(NCc2nc3cc(C(=O)N(CCC(=O)OCC)c4ccccn4)ccc3n2C)cc1. The first-order valence-electron chi connectivity index (χ1n) is 15.5. The predicted molar refractivity (Wildman–Crippen MR) is 178 cm³/mol. The number of fused-ring (bicyclic) bond motifs is 1. The minimum atomic E-state index is -0.687. The number of aromatic nitrogens is 3. The third-order valence-corrected chi connectivity index (χ3v) is 7.41. The third kappa shape index (κ3) is 8.68. The van der Waals surface area contributed by atoms with Crippen LogP contribution in [-0.2, 0) is 27.9 Å². The number of nitrogens with zero attached hydrogens (tertiary/aromatic N) is 5. The van der Waals surface area contributed by atoms with Crippen molar-refractivity contribution < 1.29 is 23.9 Å². The third-order valence-electron chi connectivity index (χ3n) is 7.41. The summed E-state index contributed by atoms with van der Waals surface area (Å²) < 4.78 is 12.4. The number of aliphatic imine (C=N–C) groups is 1. The van der Waals surface area contributed by atoms with Crippen LogP contribution in [-0.4, -0.2) is 57.6 Å². The minimum absolute atomic E-state index is 0.0448. The molecule has 4 aromatic rings. The van der Waals surface area contributed by atoms with Crippen LogP contribution in [0.3, 0.4) is 0 Å². The summed E-state index contributed by atoms with van der Waals surface area (Å²) in [5.74, 6) is 0.615. The van der Waals surface area contributed by atoms with Crippen LogP contribution in [0.25, 0.3) is 11.0 Å². The molecule has 46 heavy (non-hydrogen) atoms. The quantitative estimate of drug-likeness (QED) is 0.103. The number of anilines is 2. The lowest BCUT2D eigenvalue weighted by atomic mass is 10.1. The number of amidine groups is 1.